The number of ether oxygens (including phenoxy) is 1. The summed E-state index contributed by atoms with van der Waals surface area (Å²) < 4.78 is 5.19. The second-order valence-electron chi connectivity index (χ2n) is 5.96. The van der Waals surface area contributed by atoms with Gasteiger partial charge in [-0.05, 0) is 51.4 Å². The van der Waals surface area contributed by atoms with Crippen LogP contribution in [0.1, 0.15) is 77.6 Å². The second kappa shape index (κ2) is 13.4. The molecule has 1 unspecified atom stereocenters. The van der Waals surface area contributed by atoms with E-state index < -0.39 is 0 Å². The van der Waals surface area contributed by atoms with Crippen molar-refractivity contribution in [2.75, 3.05) is 0 Å². The topological polar surface area (TPSA) is 26.3 Å². The van der Waals surface area contributed by atoms with E-state index in [2.05, 4.69) is 43.4 Å². The highest BCUT2D eigenvalue weighted by Crippen LogP contribution is 2.18. The molecule has 124 valence electrons. The maximum absolute atomic E-state index is 11.0. The number of unbranched alkanes of at least 4 members (excludes halogenated alkanes) is 4. The predicted molar refractivity (Wildman–Crippen MR) is 93.8 cm³/mol. The Bertz CT molecular complexity index is 366. The number of allylic oxidation sites excluding steroid dienone is 6. The first-order valence-corrected chi connectivity index (χ1v) is 8.97. The summed E-state index contributed by atoms with van der Waals surface area (Å²) in [5, 5.41) is 0. The first-order valence-electron chi connectivity index (χ1n) is 8.97. The van der Waals surface area contributed by atoms with Crippen LogP contribution in [0.15, 0.2) is 36.5 Å². The van der Waals surface area contributed by atoms with Crippen molar-refractivity contribution in [3.8, 4) is 0 Å². The third kappa shape index (κ3) is 10.4. The van der Waals surface area contributed by atoms with Crippen LogP contribution in [0.4, 0.5) is 0 Å². The molecule has 0 bridgehead atoms. The van der Waals surface area contributed by atoms with Crippen LogP contribution in [0, 0.1) is 0 Å². The number of esters is 1. The van der Waals surface area contributed by atoms with Gasteiger partial charge in [0, 0.05) is 6.42 Å². The molecule has 1 aliphatic heterocycles. The summed E-state index contributed by atoms with van der Waals surface area (Å²) in [5.74, 6) is -0.0231. The molecule has 0 amide bonds. The molecule has 0 aliphatic carbocycles. The van der Waals surface area contributed by atoms with Gasteiger partial charge in [0.1, 0.15) is 6.10 Å². The van der Waals surface area contributed by atoms with Crippen LogP contribution >= 0.6 is 0 Å². The van der Waals surface area contributed by atoms with E-state index in [9.17, 15) is 4.79 Å². The Kier molecular flexibility index (Phi) is 11.4. The monoisotopic (exact) mass is 304 g/mol. The van der Waals surface area contributed by atoms with Gasteiger partial charge in [-0.2, -0.15) is 0 Å². The maximum Gasteiger partial charge on any atom is 0.306 e. The fraction of sp³-hybridized carbons (Fsp3) is 0.650. The summed E-state index contributed by atoms with van der Waals surface area (Å²) in [7, 11) is 0. The van der Waals surface area contributed by atoms with E-state index >= 15 is 0 Å². The highest BCUT2D eigenvalue weighted by molar-refractivity contribution is 5.71. The number of rotatable bonds is 12. The Morgan fingerprint density at radius 3 is 2.18 bits per heavy atom. The average molecular weight is 304 g/mol. The van der Waals surface area contributed by atoms with Gasteiger partial charge < -0.3 is 4.74 Å². The molecule has 0 radical (unpaired) electrons. The van der Waals surface area contributed by atoms with Crippen LogP contribution in [0.2, 0.25) is 0 Å². The maximum atomic E-state index is 11.0. The third-order valence-electron chi connectivity index (χ3n) is 3.88. The highest BCUT2D eigenvalue weighted by Gasteiger charge is 2.21. The molecule has 1 heterocycles. The molecule has 1 saturated heterocycles. The van der Waals surface area contributed by atoms with E-state index in [0.29, 0.717) is 6.42 Å². The number of hydrogen-bond acceptors (Lipinski definition) is 2. The number of carbonyl (C=O) groups is 1. The molecule has 2 nitrogen and oxygen atoms in total. The summed E-state index contributed by atoms with van der Waals surface area (Å²) in [5.41, 5.74) is 0. The molecular weight excluding hydrogens is 272 g/mol. The Hall–Kier alpha value is -1.31. The smallest absolute Gasteiger partial charge is 0.306 e. The van der Waals surface area contributed by atoms with E-state index in [-0.39, 0.29) is 12.1 Å². The molecular formula is C20H32O2. The van der Waals surface area contributed by atoms with Gasteiger partial charge in [0.15, 0.2) is 0 Å². The van der Waals surface area contributed by atoms with Crippen LogP contribution < -0.4 is 0 Å². The predicted octanol–water partition coefficient (Wildman–Crippen LogP) is 5.89. The molecule has 1 rings (SSSR count). The minimum absolute atomic E-state index is 0.0231. The number of hydrogen-bond donors (Lipinski definition) is 0. The molecule has 22 heavy (non-hydrogen) atoms. The molecule has 1 fully saturated rings. The second-order valence-corrected chi connectivity index (χ2v) is 5.96. The Morgan fingerprint density at radius 1 is 0.955 bits per heavy atom. The molecule has 0 aromatic carbocycles. The van der Waals surface area contributed by atoms with Crippen LogP contribution in [0.5, 0.6) is 0 Å². The minimum Gasteiger partial charge on any atom is -0.462 e. The molecule has 0 saturated carbocycles. The molecule has 0 spiro atoms. The van der Waals surface area contributed by atoms with Gasteiger partial charge in [-0.1, -0.05) is 56.2 Å². The molecule has 0 aromatic heterocycles. The molecule has 1 aliphatic rings. The van der Waals surface area contributed by atoms with Crippen molar-refractivity contribution in [2.24, 2.45) is 0 Å². The first-order chi connectivity index (χ1) is 10.8. The molecule has 0 N–H and O–H groups in total. The molecule has 2 heteroatoms. The Labute approximate surface area is 136 Å². The van der Waals surface area contributed by atoms with Crippen molar-refractivity contribution in [3.05, 3.63) is 36.5 Å². The van der Waals surface area contributed by atoms with E-state index in [1.54, 1.807) is 0 Å². The largest absolute Gasteiger partial charge is 0.462 e. The van der Waals surface area contributed by atoms with E-state index in [0.717, 1.165) is 38.5 Å². The molecule has 0 aromatic rings. The minimum atomic E-state index is -0.0231. The normalized spacial score (nSPS) is 19.0. The van der Waals surface area contributed by atoms with Crippen LogP contribution in [-0.2, 0) is 9.53 Å². The van der Waals surface area contributed by atoms with Crippen molar-refractivity contribution in [2.45, 2.75) is 83.7 Å². The number of carbonyl (C=O) groups excluding carboxylic acids is 1. The fourth-order valence-electron chi connectivity index (χ4n) is 2.54. The van der Waals surface area contributed by atoms with Crippen LogP contribution in [-0.4, -0.2) is 12.1 Å². The quantitative estimate of drug-likeness (QED) is 0.255. The third-order valence-corrected chi connectivity index (χ3v) is 3.88. The summed E-state index contributed by atoms with van der Waals surface area (Å²) in [6.45, 7) is 2.24. The van der Waals surface area contributed by atoms with Gasteiger partial charge >= 0.3 is 5.97 Å². The lowest BCUT2D eigenvalue weighted by Gasteiger charge is -2.06. The van der Waals surface area contributed by atoms with Crippen LogP contribution in [0.25, 0.3) is 0 Å². The summed E-state index contributed by atoms with van der Waals surface area (Å²) in [6, 6.07) is 0. The van der Waals surface area contributed by atoms with E-state index in [1.807, 2.05) is 0 Å². The van der Waals surface area contributed by atoms with Crippen molar-refractivity contribution < 1.29 is 9.53 Å². The number of cyclic esters (lactones) is 1. The zero-order chi connectivity index (χ0) is 15.9. The SMILES string of the molecule is CCCCC/C=C\C/C=C\C/C=C\CCCC1CCC(=O)O1. The van der Waals surface area contributed by atoms with Crippen molar-refractivity contribution in [3.63, 3.8) is 0 Å². The van der Waals surface area contributed by atoms with Gasteiger partial charge in [0.2, 0.25) is 0 Å². The highest BCUT2D eigenvalue weighted by atomic mass is 16.5. The Morgan fingerprint density at radius 2 is 1.59 bits per heavy atom. The lowest BCUT2D eigenvalue weighted by atomic mass is 10.1. The van der Waals surface area contributed by atoms with Crippen molar-refractivity contribution in [1.82, 2.24) is 0 Å². The molecule has 1 atom stereocenters. The van der Waals surface area contributed by atoms with E-state index in [4.69, 9.17) is 4.74 Å². The van der Waals surface area contributed by atoms with Gasteiger partial charge in [-0.25, -0.2) is 0 Å². The Balaban J connectivity index is 1.88. The van der Waals surface area contributed by atoms with Crippen molar-refractivity contribution >= 4 is 5.97 Å². The zero-order valence-corrected chi connectivity index (χ0v) is 14.1. The lowest BCUT2D eigenvalue weighted by Crippen LogP contribution is -2.05. The summed E-state index contributed by atoms with van der Waals surface area (Å²) in [6.07, 6.45) is 25.6. The van der Waals surface area contributed by atoms with Gasteiger partial charge in [-0.15, -0.1) is 0 Å². The van der Waals surface area contributed by atoms with E-state index in [1.165, 1.54) is 25.7 Å². The fourth-order valence-corrected chi connectivity index (χ4v) is 2.54. The van der Waals surface area contributed by atoms with Crippen molar-refractivity contribution in [1.29, 1.82) is 0 Å². The van der Waals surface area contributed by atoms with Gasteiger partial charge in [0.25, 0.3) is 0 Å². The average Bonchev–Trinajstić information content (AvgIpc) is 2.93. The summed E-state index contributed by atoms with van der Waals surface area (Å²) in [4.78, 5) is 11.0. The summed E-state index contributed by atoms with van der Waals surface area (Å²) >= 11 is 0. The standard InChI is InChI=1S/C20H32O2/c1-2-3-4-5-6-7-8-9-10-11-12-13-14-15-16-19-17-18-20(21)22-19/h6-7,9-10,12-13,19H,2-5,8,11,14-18H2,1H3/b7-6-,10-9-,13-12-. The first kappa shape index (κ1) is 18.7. The van der Waals surface area contributed by atoms with Gasteiger partial charge in [-0.3, -0.25) is 4.79 Å². The lowest BCUT2D eigenvalue weighted by molar-refractivity contribution is -0.141. The zero-order valence-electron chi connectivity index (χ0n) is 14.1. The van der Waals surface area contributed by atoms with Gasteiger partial charge in [0.05, 0.1) is 0 Å². The van der Waals surface area contributed by atoms with Crippen LogP contribution in [0.3, 0.4) is 0 Å².